The first-order valence-electron chi connectivity index (χ1n) is 8.60. The number of nitrogens with one attached hydrogen (secondary N) is 1. The molecule has 0 bridgehead atoms. The van der Waals surface area contributed by atoms with Gasteiger partial charge in [-0.25, -0.2) is 0 Å². The highest BCUT2D eigenvalue weighted by atomic mass is 16.5. The molecule has 1 atom stereocenters. The van der Waals surface area contributed by atoms with Crippen LogP contribution in [0.15, 0.2) is 18.2 Å². The average molecular weight is 303 g/mol. The first-order chi connectivity index (χ1) is 10.5. The molecule has 1 N–H and O–H groups in total. The molecule has 2 rings (SSSR count). The van der Waals surface area contributed by atoms with E-state index in [0.717, 1.165) is 29.7 Å². The van der Waals surface area contributed by atoms with E-state index < -0.39 is 6.10 Å². The largest absolute Gasteiger partial charge is 0.481 e. The Labute approximate surface area is 134 Å². The van der Waals surface area contributed by atoms with Crippen molar-refractivity contribution in [3.05, 3.63) is 29.3 Å². The number of amides is 1. The summed E-state index contributed by atoms with van der Waals surface area (Å²) in [5.41, 5.74) is 2.31. The third-order valence-electron chi connectivity index (χ3n) is 4.33. The maximum absolute atomic E-state index is 12.3. The molecule has 1 fully saturated rings. The molecule has 0 unspecified atom stereocenters. The first-order valence-corrected chi connectivity index (χ1v) is 8.60. The molecule has 1 aliphatic rings. The van der Waals surface area contributed by atoms with Crippen molar-refractivity contribution in [3.63, 3.8) is 0 Å². The number of hydrogen-bond acceptors (Lipinski definition) is 2. The molecule has 22 heavy (non-hydrogen) atoms. The predicted octanol–water partition coefficient (Wildman–Crippen LogP) is 4.30. The second-order valence-corrected chi connectivity index (χ2v) is 6.63. The molecule has 122 valence electrons. The Kier molecular flexibility index (Phi) is 6.29. The summed E-state index contributed by atoms with van der Waals surface area (Å²) < 4.78 is 5.82. The van der Waals surface area contributed by atoms with Gasteiger partial charge in [0.05, 0.1) is 0 Å². The molecule has 1 aromatic rings. The van der Waals surface area contributed by atoms with Gasteiger partial charge < -0.3 is 10.1 Å². The number of benzene rings is 1. The van der Waals surface area contributed by atoms with Gasteiger partial charge in [0.25, 0.3) is 5.91 Å². The van der Waals surface area contributed by atoms with Crippen molar-refractivity contribution in [1.29, 1.82) is 0 Å². The number of carbonyl (C=O) groups excluding carboxylic acids is 1. The van der Waals surface area contributed by atoms with Gasteiger partial charge in [-0.05, 0) is 56.9 Å². The van der Waals surface area contributed by atoms with Gasteiger partial charge in [-0.2, -0.15) is 0 Å². The Morgan fingerprint density at radius 2 is 1.59 bits per heavy atom. The van der Waals surface area contributed by atoms with Crippen molar-refractivity contribution in [2.24, 2.45) is 0 Å². The minimum absolute atomic E-state index is 0.00438. The zero-order valence-corrected chi connectivity index (χ0v) is 14.2. The van der Waals surface area contributed by atoms with E-state index in [-0.39, 0.29) is 5.91 Å². The van der Waals surface area contributed by atoms with Crippen molar-refractivity contribution >= 4 is 5.91 Å². The standard InChI is InChI=1S/C19H29NO2/c1-14-11-15(2)13-18(12-14)22-16(3)19(21)20-17-9-7-5-4-6-8-10-17/h11-13,16-17H,4-10H2,1-3H3,(H,20,21)/t16-/m0/s1. The van der Waals surface area contributed by atoms with Crippen LogP contribution in [0.4, 0.5) is 0 Å². The van der Waals surface area contributed by atoms with Crippen LogP contribution in [0.2, 0.25) is 0 Å². The molecule has 0 radical (unpaired) electrons. The lowest BCUT2D eigenvalue weighted by atomic mass is 9.96. The number of rotatable bonds is 4. The maximum Gasteiger partial charge on any atom is 0.260 e. The Bertz CT molecular complexity index is 470. The van der Waals surface area contributed by atoms with Crippen LogP contribution in [0.25, 0.3) is 0 Å². The summed E-state index contributed by atoms with van der Waals surface area (Å²) in [4.78, 5) is 12.3. The minimum Gasteiger partial charge on any atom is -0.481 e. The number of carbonyl (C=O) groups is 1. The molecule has 0 aromatic heterocycles. The van der Waals surface area contributed by atoms with E-state index in [4.69, 9.17) is 4.74 Å². The van der Waals surface area contributed by atoms with E-state index >= 15 is 0 Å². The molecular weight excluding hydrogens is 274 g/mol. The van der Waals surface area contributed by atoms with E-state index in [1.807, 2.05) is 32.9 Å². The lowest BCUT2D eigenvalue weighted by molar-refractivity contribution is -0.128. The van der Waals surface area contributed by atoms with Crippen LogP contribution in [0.1, 0.15) is 63.0 Å². The van der Waals surface area contributed by atoms with E-state index in [1.165, 1.54) is 32.1 Å². The van der Waals surface area contributed by atoms with Gasteiger partial charge in [0.15, 0.2) is 6.10 Å². The molecular formula is C19H29NO2. The number of hydrogen-bond donors (Lipinski definition) is 1. The van der Waals surface area contributed by atoms with Crippen molar-refractivity contribution < 1.29 is 9.53 Å². The smallest absolute Gasteiger partial charge is 0.260 e. The molecule has 1 aromatic carbocycles. The highest BCUT2D eigenvalue weighted by molar-refractivity contribution is 5.81. The lowest BCUT2D eigenvalue weighted by Gasteiger charge is -2.23. The highest BCUT2D eigenvalue weighted by Gasteiger charge is 2.19. The topological polar surface area (TPSA) is 38.3 Å². The molecule has 3 heteroatoms. The van der Waals surface area contributed by atoms with Gasteiger partial charge in [-0.1, -0.05) is 38.2 Å². The second kappa shape index (κ2) is 8.21. The lowest BCUT2D eigenvalue weighted by Crippen LogP contribution is -2.42. The average Bonchev–Trinajstić information content (AvgIpc) is 2.40. The molecule has 0 aliphatic heterocycles. The van der Waals surface area contributed by atoms with E-state index in [0.29, 0.717) is 6.04 Å². The summed E-state index contributed by atoms with van der Waals surface area (Å²) in [6, 6.07) is 6.38. The summed E-state index contributed by atoms with van der Waals surface area (Å²) in [5.74, 6) is 0.780. The Balaban J connectivity index is 1.87. The van der Waals surface area contributed by atoms with E-state index in [9.17, 15) is 4.79 Å². The Morgan fingerprint density at radius 3 is 2.18 bits per heavy atom. The first kappa shape index (κ1) is 16.9. The highest BCUT2D eigenvalue weighted by Crippen LogP contribution is 2.19. The third kappa shape index (κ3) is 5.36. The van der Waals surface area contributed by atoms with Crippen LogP contribution in [0.5, 0.6) is 5.75 Å². The van der Waals surface area contributed by atoms with E-state index in [1.54, 1.807) is 0 Å². The van der Waals surface area contributed by atoms with Gasteiger partial charge in [-0.3, -0.25) is 4.79 Å². The number of aryl methyl sites for hydroxylation is 2. The van der Waals surface area contributed by atoms with Crippen LogP contribution in [0, 0.1) is 13.8 Å². The predicted molar refractivity (Wildman–Crippen MR) is 90.3 cm³/mol. The van der Waals surface area contributed by atoms with Crippen molar-refractivity contribution in [2.45, 2.75) is 77.9 Å². The van der Waals surface area contributed by atoms with Crippen LogP contribution >= 0.6 is 0 Å². The zero-order chi connectivity index (χ0) is 15.9. The maximum atomic E-state index is 12.3. The zero-order valence-electron chi connectivity index (χ0n) is 14.2. The Hall–Kier alpha value is -1.51. The molecule has 0 heterocycles. The summed E-state index contributed by atoms with van der Waals surface area (Å²) in [6.07, 6.45) is 8.11. The van der Waals surface area contributed by atoms with E-state index in [2.05, 4.69) is 11.4 Å². The van der Waals surface area contributed by atoms with Crippen LogP contribution < -0.4 is 10.1 Å². The summed E-state index contributed by atoms with van der Waals surface area (Å²) >= 11 is 0. The van der Waals surface area contributed by atoms with Gasteiger partial charge in [0, 0.05) is 6.04 Å². The van der Waals surface area contributed by atoms with Crippen molar-refractivity contribution in [3.8, 4) is 5.75 Å². The summed E-state index contributed by atoms with van der Waals surface area (Å²) in [7, 11) is 0. The monoisotopic (exact) mass is 303 g/mol. The van der Waals surface area contributed by atoms with Crippen molar-refractivity contribution in [1.82, 2.24) is 5.32 Å². The van der Waals surface area contributed by atoms with Crippen LogP contribution in [-0.4, -0.2) is 18.1 Å². The summed E-state index contributed by atoms with van der Waals surface area (Å²) in [5, 5.41) is 3.17. The molecule has 1 saturated carbocycles. The third-order valence-corrected chi connectivity index (χ3v) is 4.33. The summed E-state index contributed by atoms with van der Waals surface area (Å²) in [6.45, 7) is 5.91. The SMILES string of the molecule is Cc1cc(C)cc(O[C@@H](C)C(=O)NC2CCCCCCC2)c1. The van der Waals surface area contributed by atoms with Crippen LogP contribution in [0.3, 0.4) is 0 Å². The molecule has 1 amide bonds. The normalized spacial score (nSPS) is 18.1. The van der Waals surface area contributed by atoms with Gasteiger partial charge in [0.1, 0.15) is 5.75 Å². The van der Waals surface area contributed by atoms with Crippen LogP contribution in [-0.2, 0) is 4.79 Å². The fourth-order valence-electron chi connectivity index (χ4n) is 3.18. The quantitative estimate of drug-likeness (QED) is 0.900. The Morgan fingerprint density at radius 1 is 1.05 bits per heavy atom. The molecule has 3 nitrogen and oxygen atoms in total. The van der Waals surface area contributed by atoms with Gasteiger partial charge >= 0.3 is 0 Å². The molecule has 1 aliphatic carbocycles. The van der Waals surface area contributed by atoms with Crippen molar-refractivity contribution in [2.75, 3.05) is 0 Å². The number of ether oxygens (including phenoxy) is 1. The second-order valence-electron chi connectivity index (χ2n) is 6.63. The molecule has 0 spiro atoms. The van der Waals surface area contributed by atoms with Gasteiger partial charge in [0.2, 0.25) is 0 Å². The fourth-order valence-corrected chi connectivity index (χ4v) is 3.18. The minimum atomic E-state index is -0.452. The molecule has 0 saturated heterocycles. The fraction of sp³-hybridized carbons (Fsp3) is 0.632. The van der Waals surface area contributed by atoms with Gasteiger partial charge in [-0.15, -0.1) is 0 Å².